The summed E-state index contributed by atoms with van der Waals surface area (Å²) in [5.41, 5.74) is 1.00. The first-order valence-electron chi connectivity index (χ1n) is 5.04. The zero-order chi connectivity index (χ0) is 13.3. The standard InChI is InChI=1S/C11H10BrN3O3/c1-6-10(11(16)17)13-14-15(6)8-5-7(12)3-4-9(8)18-2/h3-5H,1-2H3,(H,16,17). The number of carboxylic acids is 1. The molecule has 0 radical (unpaired) electrons. The van der Waals surface area contributed by atoms with Crippen LogP contribution < -0.4 is 4.74 Å². The molecule has 0 aliphatic heterocycles. The smallest absolute Gasteiger partial charge is 0.358 e. The first kappa shape index (κ1) is 12.6. The van der Waals surface area contributed by atoms with Gasteiger partial charge in [0, 0.05) is 4.47 Å². The van der Waals surface area contributed by atoms with E-state index >= 15 is 0 Å². The lowest BCUT2D eigenvalue weighted by Crippen LogP contribution is -2.04. The number of aromatic nitrogens is 3. The van der Waals surface area contributed by atoms with Crippen LogP contribution in [-0.4, -0.2) is 33.2 Å². The summed E-state index contributed by atoms with van der Waals surface area (Å²) >= 11 is 3.35. The molecular formula is C11H10BrN3O3. The van der Waals surface area contributed by atoms with Crippen LogP contribution in [0.4, 0.5) is 0 Å². The molecule has 0 unspecified atom stereocenters. The van der Waals surface area contributed by atoms with E-state index in [0.29, 0.717) is 17.1 Å². The molecule has 0 spiro atoms. The minimum absolute atomic E-state index is 0.0722. The SMILES string of the molecule is COc1ccc(Br)cc1-n1nnc(C(=O)O)c1C. The molecule has 94 valence electrons. The highest BCUT2D eigenvalue weighted by atomic mass is 79.9. The Labute approximate surface area is 111 Å². The molecular weight excluding hydrogens is 302 g/mol. The zero-order valence-electron chi connectivity index (χ0n) is 9.72. The van der Waals surface area contributed by atoms with Crippen molar-refractivity contribution in [2.24, 2.45) is 0 Å². The summed E-state index contributed by atoms with van der Waals surface area (Å²) in [5, 5.41) is 16.4. The topological polar surface area (TPSA) is 77.2 Å². The molecule has 0 atom stereocenters. The number of methoxy groups -OCH3 is 1. The number of aromatic carboxylic acids is 1. The van der Waals surface area contributed by atoms with E-state index in [1.165, 1.54) is 11.8 Å². The van der Waals surface area contributed by atoms with Crippen molar-refractivity contribution in [1.82, 2.24) is 15.0 Å². The second kappa shape index (κ2) is 4.77. The van der Waals surface area contributed by atoms with Crippen LogP contribution in [0.1, 0.15) is 16.2 Å². The van der Waals surface area contributed by atoms with E-state index in [9.17, 15) is 4.79 Å². The van der Waals surface area contributed by atoms with Crippen LogP contribution in [0, 0.1) is 6.92 Å². The van der Waals surface area contributed by atoms with E-state index in [0.717, 1.165) is 4.47 Å². The van der Waals surface area contributed by atoms with Gasteiger partial charge in [-0.3, -0.25) is 0 Å². The van der Waals surface area contributed by atoms with Crippen LogP contribution in [0.3, 0.4) is 0 Å². The summed E-state index contributed by atoms with van der Waals surface area (Å²) in [6, 6.07) is 5.37. The molecule has 0 bridgehead atoms. The number of halogens is 1. The fourth-order valence-electron chi connectivity index (χ4n) is 1.58. The van der Waals surface area contributed by atoms with Crippen LogP contribution in [-0.2, 0) is 0 Å². The van der Waals surface area contributed by atoms with E-state index in [1.54, 1.807) is 19.1 Å². The number of nitrogens with zero attached hydrogens (tertiary/aromatic N) is 3. The van der Waals surface area contributed by atoms with E-state index in [-0.39, 0.29) is 5.69 Å². The highest BCUT2D eigenvalue weighted by Gasteiger charge is 2.18. The number of hydrogen-bond donors (Lipinski definition) is 1. The molecule has 18 heavy (non-hydrogen) atoms. The molecule has 0 aliphatic carbocycles. The molecule has 0 amide bonds. The molecule has 6 nitrogen and oxygen atoms in total. The minimum atomic E-state index is -1.10. The quantitative estimate of drug-likeness (QED) is 0.938. The lowest BCUT2D eigenvalue weighted by molar-refractivity contribution is 0.0689. The van der Waals surface area contributed by atoms with Gasteiger partial charge in [0.1, 0.15) is 11.4 Å². The Balaban J connectivity index is 2.61. The maximum atomic E-state index is 10.9. The highest BCUT2D eigenvalue weighted by Crippen LogP contribution is 2.27. The molecule has 2 aromatic rings. The van der Waals surface area contributed by atoms with Gasteiger partial charge in [-0.25, -0.2) is 9.48 Å². The molecule has 0 saturated heterocycles. The van der Waals surface area contributed by atoms with Gasteiger partial charge >= 0.3 is 5.97 Å². The van der Waals surface area contributed by atoms with Crippen LogP contribution >= 0.6 is 15.9 Å². The van der Waals surface area contributed by atoms with Gasteiger partial charge in [0.05, 0.1) is 12.8 Å². The third kappa shape index (κ3) is 2.08. The van der Waals surface area contributed by atoms with Crippen molar-refractivity contribution in [3.05, 3.63) is 34.1 Å². The Bertz CT molecular complexity index is 610. The first-order chi connectivity index (χ1) is 8.54. The summed E-state index contributed by atoms with van der Waals surface area (Å²) in [5.74, 6) is -0.518. The number of carboxylic acid groups (broad SMARTS) is 1. The van der Waals surface area contributed by atoms with Gasteiger partial charge < -0.3 is 9.84 Å². The zero-order valence-corrected chi connectivity index (χ0v) is 11.3. The monoisotopic (exact) mass is 311 g/mol. The van der Waals surface area contributed by atoms with Gasteiger partial charge in [-0.05, 0) is 25.1 Å². The molecule has 1 heterocycles. The summed E-state index contributed by atoms with van der Waals surface area (Å²) < 4.78 is 7.50. The number of benzene rings is 1. The van der Waals surface area contributed by atoms with Crippen molar-refractivity contribution >= 4 is 21.9 Å². The maximum Gasteiger partial charge on any atom is 0.358 e. The molecule has 0 fully saturated rings. The predicted molar refractivity (Wildman–Crippen MR) is 67.3 cm³/mol. The fraction of sp³-hybridized carbons (Fsp3) is 0.182. The maximum absolute atomic E-state index is 10.9. The van der Waals surface area contributed by atoms with Gasteiger partial charge in [0.15, 0.2) is 5.69 Å². The Morgan fingerprint density at radius 2 is 2.22 bits per heavy atom. The van der Waals surface area contributed by atoms with Crippen molar-refractivity contribution in [3.63, 3.8) is 0 Å². The van der Waals surface area contributed by atoms with Gasteiger partial charge in [-0.2, -0.15) is 0 Å². The summed E-state index contributed by atoms with van der Waals surface area (Å²) in [7, 11) is 1.54. The average Bonchev–Trinajstić information content (AvgIpc) is 2.71. The first-order valence-corrected chi connectivity index (χ1v) is 5.83. The van der Waals surface area contributed by atoms with Crippen molar-refractivity contribution in [3.8, 4) is 11.4 Å². The second-order valence-electron chi connectivity index (χ2n) is 3.56. The van der Waals surface area contributed by atoms with E-state index in [1.807, 2.05) is 6.07 Å². The lowest BCUT2D eigenvalue weighted by Gasteiger charge is -2.09. The fourth-order valence-corrected chi connectivity index (χ4v) is 1.93. The predicted octanol–water partition coefficient (Wildman–Crippen LogP) is 2.05. The second-order valence-corrected chi connectivity index (χ2v) is 4.47. The van der Waals surface area contributed by atoms with Gasteiger partial charge in [0.2, 0.25) is 0 Å². The molecule has 0 saturated carbocycles. The van der Waals surface area contributed by atoms with E-state index in [4.69, 9.17) is 9.84 Å². The van der Waals surface area contributed by atoms with Crippen molar-refractivity contribution in [2.75, 3.05) is 7.11 Å². The third-order valence-electron chi connectivity index (χ3n) is 2.47. The average molecular weight is 312 g/mol. The molecule has 1 aromatic carbocycles. The summed E-state index contributed by atoms with van der Waals surface area (Å²) in [6.07, 6.45) is 0. The Morgan fingerprint density at radius 1 is 1.50 bits per heavy atom. The minimum Gasteiger partial charge on any atom is -0.494 e. The largest absolute Gasteiger partial charge is 0.494 e. The number of ether oxygens (including phenoxy) is 1. The molecule has 7 heteroatoms. The van der Waals surface area contributed by atoms with Crippen LogP contribution in [0.25, 0.3) is 5.69 Å². The number of rotatable bonds is 3. The summed E-state index contributed by atoms with van der Waals surface area (Å²) in [4.78, 5) is 10.9. The van der Waals surface area contributed by atoms with Crippen molar-refractivity contribution in [2.45, 2.75) is 6.92 Å². The van der Waals surface area contributed by atoms with Crippen molar-refractivity contribution in [1.29, 1.82) is 0 Å². The summed E-state index contributed by atoms with van der Waals surface area (Å²) in [6.45, 7) is 1.64. The lowest BCUT2D eigenvalue weighted by atomic mass is 10.2. The highest BCUT2D eigenvalue weighted by molar-refractivity contribution is 9.10. The Kier molecular flexibility index (Phi) is 3.33. The van der Waals surface area contributed by atoms with E-state index < -0.39 is 5.97 Å². The van der Waals surface area contributed by atoms with Crippen molar-refractivity contribution < 1.29 is 14.6 Å². The number of carbonyl (C=O) groups is 1. The van der Waals surface area contributed by atoms with E-state index in [2.05, 4.69) is 26.2 Å². The van der Waals surface area contributed by atoms with Crippen LogP contribution in [0.15, 0.2) is 22.7 Å². The normalized spacial score (nSPS) is 10.4. The Morgan fingerprint density at radius 3 is 2.78 bits per heavy atom. The van der Waals surface area contributed by atoms with Gasteiger partial charge in [0.25, 0.3) is 0 Å². The Hall–Kier alpha value is -1.89. The molecule has 0 aliphatic rings. The van der Waals surface area contributed by atoms with Gasteiger partial charge in [-0.15, -0.1) is 5.10 Å². The third-order valence-corrected chi connectivity index (χ3v) is 2.96. The molecule has 2 rings (SSSR count). The molecule has 1 N–H and O–H groups in total. The number of hydrogen-bond acceptors (Lipinski definition) is 4. The van der Waals surface area contributed by atoms with Crippen LogP contribution in [0.2, 0.25) is 0 Å². The van der Waals surface area contributed by atoms with Gasteiger partial charge in [-0.1, -0.05) is 21.1 Å². The molecule has 1 aromatic heterocycles. The van der Waals surface area contributed by atoms with Crippen LogP contribution in [0.5, 0.6) is 5.75 Å².